The van der Waals surface area contributed by atoms with Crippen molar-refractivity contribution in [3.63, 3.8) is 0 Å². The summed E-state index contributed by atoms with van der Waals surface area (Å²) in [7, 11) is 3.08. The third kappa shape index (κ3) is 3.56. The van der Waals surface area contributed by atoms with Gasteiger partial charge in [0.2, 0.25) is 0 Å². The molecule has 2 N–H and O–H groups in total. The van der Waals surface area contributed by atoms with Crippen molar-refractivity contribution >= 4 is 34.5 Å². The third-order valence-corrected chi connectivity index (χ3v) is 6.04. The number of aromatic nitrogens is 4. The van der Waals surface area contributed by atoms with Crippen molar-refractivity contribution < 1.29 is 0 Å². The van der Waals surface area contributed by atoms with E-state index in [2.05, 4.69) is 4.98 Å². The maximum absolute atomic E-state index is 12.9. The van der Waals surface area contributed by atoms with Crippen LogP contribution in [0, 0.1) is 0 Å². The minimum absolute atomic E-state index is 0.288. The number of halogens is 1. The monoisotopic (exact) mass is 407 g/mol. The largest absolute Gasteiger partial charge is 0.332 e. The zero-order valence-electron chi connectivity index (χ0n) is 15.7. The minimum Gasteiger partial charge on any atom is -0.329 e. The van der Waals surface area contributed by atoms with Crippen molar-refractivity contribution in [2.45, 2.75) is 30.3 Å². The van der Waals surface area contributed by atoms with Crippen LogP contribution in [-0.4, -0.2) is 30.0 Å². The summed E-state index contributed by atoms with van der Waals surface area (Å²) in [6, 6.07) is 7.46. The number of hydrogen-bond acceptors (Lipinski definition) is 5. The second-order valence-corrected chi connectivity index (χ2v) is 9.10. The predicted molar refractivity (Wildman–Crippen MR) is 110 cm³/mol. The number of thioether (sulfide) groups is 1. The van der Waals surface area contributed by atoms with Crippen LogP contribution in [0.5, 0.6) is 0 Å². The maximum Gasteiger partial charge on any atom is 0.332 e. The molecule has 0 saturated heterocycles. The molecule has 2 heterocycles. The van der Waals surface area contributed by atoms with Gasteiger partial charge in [0.25, 0.3) is 5.56 Å². The minimum atomic E-state index is -0.412. The van der Waals surface area contributed by atoms with E-state index in [-0.39, 0.29) is 10.3 Å². The van der Waals surface area contributed by atoms with Crippen LogP contribution in [0.1, 0.15) is 19.4 Å². The highest BCUT2D eigenvalue weighted by Gasteiger charge is 2.25. The van der Waals surface area contributed by atoms with Gasteiger partial charge in [-0.25, -0.2) is 9.78 Å². The summed E-state index contributed by atoms with van der Waals surface area (Å²) >= 11 is 7.81. The van der Waals surface area contributed by atoms with Gasteiger partial charge in [-0.15, -0.1) is 0 Å². The molecule has 0 bridgehead atoms. The zero-order valence-corrected chi connectivity index (χ0v) is 17.3. The fourth-order valence-corrected chi connectivity index (χ4v) is 3.91. The van der Waals surface area contributed by atoms with E-state index in [1.807, 2.05) is 36.6 Å². The van der Waals surface area contributed by atoms with E-state index in [1.54, 1.807) is 13.1 Å². The van der Waals surface area contributed by atoms with Crippen molar-refractivity contribution in [3.05, 3.63) is 55.7 Å². The number of imidazole rings is 1. The quantitative estimate of drug-likeness (QED) is 0.653. The Hall–Kier alpha value is -2.03. The summed E-state index contributed by atoms with van der Waals surface area (Å²) in [5, 5.41) is 1.23. The molecule has 27 heavy (non-hydrogen) atoms. The van der Waals surface area contributed by atoms with E-state index in [4.69, 9.17) is 17.3 Å². The van der Waals surface area contributed by atoms with Crippen molar-refractivity contribution in [2.75, 3.05) is 6.54 Å². The fraction of sp³-hybridized carbons (Fsp3) is 0.389. The number of aryl methyl sites for hydroxylation is 1. The number of nitrogens with two attached hydrogens (primary N) is 1. The molecule has 0 radical (unpaired) electrons. The Morgan fingerprint density at radius 2 is 1.85 bits per heavy atom. The van der Waals surface area contributed by atoms with Crippen molar-refractivity contribution in [1.29, 1.82) is 0 Å². The number of benzene rings is 1. The molecule has 144 valence electrons. The Morgan fingerprint density at radius 3 is 2.48 bits per heavy atom. The van der Waals surface area contributed by atoms with E-state index in [1.165, 1.54) is 23.4 Å². The van der Waals surface area contributed by atoms with Gasteiger partial charge in [-0.05, 0) is 25.5 Å². The van der Waals surface area contributed by atoms with Gasteiger partial charge in [0.1, 0.15) is 0 Å². The van der Waals surface area contributed by atoms with Crippen molar-refractivity contribution in [1.82, 2.24) is 18.7 Å². The molecule has 0 aliphatic rings. The van der Waals surface area contributed by atoms with Crippen LogP contribution in [0.2, 0.25) is 5.02 Å². The Labute approximate surface area is 165 Å². The van der Waals surface area contributed by atoms with Gasteiger partial charge in [0.05, 0.1) is 6.54 Å². The lowest BCUT2D eigenvalue weighted by Gasteiger charge is -2.21. The molecule has 2 aromatic heterocycles. The fourth-order valence-electron chi connectivity index (χ4n) is 2.74. The number of nitrogens with zero attached hydrogens (tertiary/aromatic N) is 4. The van der Waals surface area contributed by atoms with Gasteiger partial charge in [0.15, 0.2) is 16.3 Å². The van der Waals surface area contributed by atoms with Crippen LogP contribution >= 0.6 is 23.4 Å². The molecule has 3 aromatic rings. The van der Waals surface area contributed by atoms with Gasteiger partial charge in [-0.1, -0.05) is 41.6 Å². The topological polar surface area (TPSA) is 87.8 Å². The van der Waals surface area contributed by atoms with Crippen LogP contribution in [0.3, 0.4) is 0 Å². The number of rotatable bonds is 5. The van der Waals surface area contributed by atoms with Gasteiger partial charge < -0.3 is 10.3 Å². The molecule has 1 aromatic carbocycles. The lowest BCUT2D eigenvalue weighted by atomic mass is 10.2. The maximum atomic E-state index is 12.9. The van der Waals surface area contributed by atoms with E-state index in [9.17, 15) is 9.59 Å². The molecule has 0 unspecified atom stereocenters. The first kappa shape index (κ1) is 19.7. The van der Waals surface area contributed by atoms with Crippen LogP contribution in [0.25, 0.3) is 11.2 Å². The summed E-state index contributed by atoms with van der Waals surface area (Å²) in [5.74, 6) is 0. The Morgan fingerprint density at radius 1 is 1.19 bits per heavy atom. The van der Waals surface area contributed by atoms with Gasteiger partial charge >= 0.3 is 5.69 Å². The summed E-state index contributed by atoms with van der Waals surface area (Å²) in [4.78, 5) is 29.8. The van der Waals surface area contributed by atoms with E-state index >= 15 is 0 Å². The van der Waals surface area contributed by atoms with E-state index in [0.29, 0.717) is 34.4 Å². The molecule has 0 amide bonds. The molecule has 0 saturated carbocycles. The Bertz CT molecular complexity index is 1130. The molecule has 0 spiro atoms. The Kier molecular flexibility index (Phi) is 5.24. The normalized spacial score (nSPS) is 12.1. The second kappa shape index (κ2) is 7.18. The molecular weight excluding hydrogens is 386 g/mol. The Balaban J connectivity index is 2.32. The van der Waals surface area contributed by atoms with E-state index < -0.39 is 5.69 Å². The average molecular weight is 408 g/mol. The molecule has 0 aliphatic heterocycles. The van der Waals surface area contributed by atoms with Crippen LogP contribution in [0.15, 0.2) is 39.0 Å². The van der Waals surface area contributed by atoms with Crippen molar-refractivity contribution in [3.8, 4) is 0 Å². The summed E-state index contributed by atoms with van der Waals surface area (Å²) in [6.07, 6.45) is 0. The highest BCUT2D eigenvalue weighted by molar-refractivity contribution is 8.00. The first-order chi connectivity index (χ1) is 12.7. The molecule has 7 nitrogen and oxygen atoms in total. The lowest BCUT2D eigenvalue weighted by Crippen LogP contribution is -2.37. The van der Waals surface area contributed by atoms with Crippen LogP contribution in [-0.2, 0) is 20.6 Å². The first-order valence-corrected chi connectivity index (χ1v) is 9.64. The predicted octanol–water partition coefficient (Wildman–Crippen LogP) is 1.96. The molecule has 0 fully saturated rings. The zero-order chi connectivity index (χ0) is 19.9. The molecule has 9 heteroatoms. The summed E-state index contributed by atoms with van der Waals surface area (Å²) < 4.78 is 4.01. The lowest BCUT2D eigenvalue weighted by molar-refractivity contribution is 0.684. The van der Waals surface area contributed by atoms with Gasteiger partial charge in [0, 0.05) is 30.4 Å². The van der Waals surface area contributed by atoms with Crippen LogP contribution < -0.4 is 17.0 Å². The van der Waals surface area contributed by atoms with Crippen LogP contribution in [0.4, 0.5) is 0 Å². The highest BCUT2D eigenvalue weighted by atomic mass is 35.5. The van der Waals surface area contributed by atoms with Crippen molar-refractivity contribution in [2.24, 2.45) is 19.8 Å². The SMILES string of the molecule is Cn1c(=O)c2c(nc(SC(C)(C)CN)n2Cc2ccccc2Cl)n(C)c1=O. The third-order valence-electron chi connectivity index (χ3n) is 4.46. The average Bonchev–Trinajstić information content (AvgIpc) is 2.97. The van der Waals surface area contributed by atoms with Gasteiger partial charge in [-0.3, -0.25) is 13.9 Å². The first-order valence-electron chi connectivity index (χ1n) is 8.45. The van der Waals surface area contributed by atoms with Gasteiger partial charge in [-0.2, -0.15) is 0 Å². The smallest absolute Gasteiger partial charge is 0.329 e. The standard InChI is InChI=1S/C18H22ClN5O2S/c1-18(2,10-20)27-16-21-14-13(15(25)23(4)17(26)22(14)3)24(16)9-11-7-5-6-8-12(11)19/h5-8H,9-10,20H2,1-4H3. The molecule has 0 aliphatic carbocycles. The van der Waals surface area contributed by atoms with E-state index in [0.717, 1.165) is 10.1 Å². The summed E-state index contributed by atoms with van der Waals surface area (Å²) in [5.41, 5.74) is 6.67. The number of fused-ring (bicyclic) bond motifs is 1. The number of hydrogen-bond donors (Lipinski definition) is 1. The molecule has 0 atom stereocenters. The summed E-state index contributed by atoms with van der Waals surface area (Å²) in [6.45, 7) is 4.82. The molecular formula is C18H22ClN5O2S. The second-order valence-electron chi connectivity index (χ2n) is 7.02. The molecule has 3 rings (SSSR count). The highest BCUT2D eigenvalue weighted by Crippen LogP contribution is 2.33.